The molecular formula is C11H14F2N2O3. The number of rotatable bonds is 3. The molecule has 100 valence electrons. The Labute approximate surface area is 101 Å². The summed E-state index contributed by atoms with van der Waals surface area (Å²) in [5.74, 6) is 0. The average molecular weight is 260 g/mol. The largest absolute Gasteiger partial charge is 0.349 e. The van der Waals surface area contributed by atoms with Crippen molar-refractivity contribution >= 4 is 0 Å². The van der Waals surface area contributed by atoms with E-state index in [0.717, 1.165) is 4.57 Å². The van der Waals surface area contributed by atoms with Crippen LogP contribution >= 0.6 is 0 Å². The van der Waals surface area contributed by atoms with E-state index in [1.807, 2.05) is 0 Å². The summed E-state index contributed by atoms with van der Waals surface area (Å²) in [5, 5.41) is 0. The predicted molar refractivity (Wildman–Crippen MR) is 60.1 cm³/mol. The van der Waals surface area contributed by atoms with E-state index >= 15 is 0 Å². The van der Waals surface area contributed by atoms with Crippen molar-refractivity contribution in [3.05, 3.63) is 32.6 Å². The zero-order valence-electron chi connectivity index (χ0n) is 9.86. The first-order valence-corrected chi connectivity index (χ1v) is 5.76. The SMILES string of the molecule is CCc1cn([C@H]2C[C@H](F)[C@@H](CF)O2)c(=O)[nH]c1=O. The van der Waals surface area contributed by atoms with Crippen LogP contribution in [0.2, 0.25) is 0 Å². The van der Waals surface area contributed by atoms with Crippen molar-refractivity contribution < 1.29 is 13.5 Å². The fourth-order valence-electron chi connectivity index (χ4n) is 1.99. The smallest absolute Gasteiger partial charge is 0.330 e. The normalized spacial score (nSPS) is 27.6. The predicted octanol–water partition coefficient (Wildman–Crippen LogP) is 0.694. The van der Waals surface area contributed by atoms with Gasteiger partial charge < -0.3 is 4.74 Å². The van der Waals surface area contributed by atoms with E-state index in [4.69, 9.17) is 4.74 Å². The Morgan fingerprint density at radius 3 is 2.83 bits per heavy atom. The van der Waals surface area contributed by atoms with Crippen LogP contribution in [0.4, 0.5) is 8.78 Å². The Morgan fingerprint density at radius 2 is 2.28 bits per heavy atom. The van der Waals surface area contributed by atoms with Crippen LogP contribution < -0.4 is 11.2 Å². The molecular weight excluding hydrogens is 246 g/mol. The Hall–Kier alpha value is -1.50. The van der Waals surface area contributed by atoms with Crippen molar-refractivity contribution in [1.29, 1.82) is 0 Å². The summed E-state index contributed by atoms with van der Waals surface area (Å²) in [6.45, 7) is 0.827. The standard InChI is InChI=1S/C11H14F2N2O3/c1-2-6-5-15(11(17)14-10(6)16)9-3-7(13)8(4-12)18-9/h5,7-9H,2-4H2,1H3,(H,14,16,17)/t7-,8+,9+/m0/s1. The third-order valence-corrected chi connectivity index (χ3v) is 3.05. The number of alkyl halides is 2. The molecule has 3 atom stereocenters. The summed E-state index contributed by atoms with van der Waals surface area (Å²) in [7, 11) is 0. The Bertz CT molecular complexity index is 540. The van der Waals surface area contributed by atoms with Crippen LogP contribution in [0.5, 0.6) is 0 Å². The Morgan fingerprint density at radius 1 is 1.56 bits per heavy atom. The number of hydrogen-bond acceptors (Lipinski definition) is 3. The van der Waals surface area contributed by atoms with E-state index in [-0.39, 0.29) is 6.42 Å². The highest BCUT2D eigenvalue weighted by Crippen LogP contribution is 2.29. The number of hydrogen-bond donors (Lipinski definition) is 1. The number of nitrogens with one attached hydrogen (secondary N) is 1. The van der Waals surface area contributed by atoms with Crippen LogP contribution in [0, 0.1) is 0 Å². The fourth-order valence-corrected chi connectivity index (χ4v) is 1.99. The van der Waals surface area contributed by atoms with Crippen LogP contribution in [-0.4, -0.2) is 28.5 Å². The van der Waals surface area contributed by atoms with Crippen LogP contribution in [-0.2, 0) is 11.2 Å². The van der Waals surface area contributed by atoms with Crippen LogP contribution in [0.15, 0.2) is 15.8 Å². The summed E-state index contributed by atoms with van der Waals surface area (Å²) >= 11 is 0. The Kier molecular flexibility index (Phi) is 3.60. The molecule has 0 saturated carbocycles. The lowest BCUT2D eigenvalue weighted by molar-refractivity contribution is -0.0209. The van der Waals surface area contributed by atoms with Gasteiger partial charge in [0, 0.05) is 18.2 Å². The maximum absolute atomic E-state index is 13.4. The van der Waals surface area contributed by atoms with E-state index in [0.29, 0.717) is 12.0 Å². The molecule has 0 aliphatic carbocycles. The van der Waals surface area contributed by atoms with Gasteiger partial charge in [-0.25, -0.2) is 13.6 Å². The summed E-state index contributed by atoms with van der Waals surface area (Å²) in [6.07, 6.45) is -1.75. The molecule has 1 fully saturated rings. The average Bonchev–Trinajstić information content (AvgIpc) is 2.70. The zero-order valence-corrected chi connectivity index (χ0v) is 9.86. The number of H-pyrrole nitrogens is 1. The molecule has 0 amide bonds. The molecule has 0 aromatic carbocycles. The van der Waals surface area contributed by atoms with Crippen LogP contribution in [0.3, 0.4) is 0 Å². The zero-order chi connectivity index (χ0) is 13.3. The Balaban J connectivity index is 2.35. The third kappa shape index (κ3) is 2.22. The first-order valence-electron chi connectivity index (χ1n) is 5.76. The quantitative estimate of drug-likeness (QED) is 0.869. The number of ether oxygens (including phenoxy) is 1. The molecule has 2 heterocycles. The minimum absolute atomic E-state index is 0.0936. The first-order chi connectivity index (χ1) is 8.56. The molecule has 1 aliphatic heterocycles. The van der Waals surface area contributed by atoms with Crippen molar-refractivity contribution in [1.82, 2.24) is 9.55 Å². The number of aromatic amines is 1. The van der Waals surface area contributed by atoms with Crippen molar-refractivity contribution in [2.45, 2.75) is 38.3 Å². The van der Waals surface area contributed by atoms with Crippen molar-refractivity contribution in [3.8, 4) is 0 Å². The van der Waals surface area contributed by atoms with Gasteiger partial charge in [-0.05, 0) is 6.42 Å². The molecule has 18 heavy (non-hydrogen) atoms. The molecule has 1 aliphatic rings. The van der Waals surface area contributed by atoms with Crippen LogP contribution in [0.25, 0.3) is 0 Å². The van der Waals surface area contributed by atoms with Crippen molar-refractivity contribution in [2.24, 2.45) is 0 Å². The topological polar surface area (TPSA) is 64.1 Å². The molecule has 0 radical (unpaired) electrons. The first kappa shape index (κ1) is 12.9. The summed E-state index contributed by atoms with van der Waals surface area (Å²) in [5.41, 5.74) is -0.734. The maximum Gasteiger partial charge on any atom is 0.330 e. The molecule has 0 unspecified atom stereocenters. The van der Waals surface area contributed by atoms with Gasteiger partial charge in [-0.3, -0.25) is 14.3 Å². The second-order valence-electron chi connectivity index (χ2n) is 4.21. The molecule has 1 aromatic rings. The van der Waals surface area contributed by atoms with Crippen molar-refractivity contribution in [3.63, 3.8) is 0 Å². The number of halogens is 2. The fraction of sp³-hybridized carbons (Fsp3) is 0.636. The third-order valence-electron chi connectivity index (χ3n) is 3.05. The van der Waals surface area contributed by atoms with E-state index < -0.39 is 36.4 Å². The van der Waals surface area contributed by atoms with Gasteiger partial charge in [-0.15, -0.1) is 0 Å². The minimum atomic E-state index is -1.44. The van der Waals surface area contributed by atoms with Gasteiger partial charge in [0.05, 0.1) is 0 Å². The molecule has 0 bridgehead atoms. The van der Waals surface area contributed by atoms with Crippen LogP contribution in [0.1, 0.15) is 25.1 Å². The van der Waals surface area contributed by atoms with E-state index in [2.05, 4.69) is 4.98 Å². The van der Waals surface area contributed by atoms with Crippen molar-refractivity contribution in [2.75, 3.05) is 6.67 Å². The van der Waals surface area contributed by atoms with Gasteiger partial charge in [-0.1, -0.05) is 6.92 Å². The number of aromatic nitrogens is 2. The van der Waals surface area contributed by atoms with Gasteiger partial charge >= 0.3 is 5.69 Å². The van der Waals surface area contributed by atoms with Gasteiger partial charge in [0.1, 0.15) is 25.2 Å². The summed E-state index contributed by atoms with van der Waals surface area (Å²) in [6, 6.07) is 0. The van der Waals surface area contributed by atoms with Gasteiger partial charge in [-0.2, -0.15) is 0 Å². The lowest BCUT2D eigenvalue weighted by Gasteiger charge is -2.14. The maximum atomic E-state index is 13.4. The minimum Gasteiger partial charge on any atom is -0.349 e. The van der Waals surface area contributed by atoms with E-state index in [1.165, 1.54) is 6.20 Å². The molecule has 1 saturated heterocycles. The van der Waals surface area contributed by atoms with E-state index in [1.54, 1.807) is 6.92 Å². The lowest BCUT2D eigenvalue weighted by Crippen LogP contribution is -2.34. The van der Waals surface area contributed by atoms with Gasteiger partial charge in [0.15, 0.2) is 0 Å². The highest BCUT2D eigenvalue weighted by Gasteiger charge is 2.36. The second-order valence-corrected chi connectivity index (χ2v) is 4.21. The molecule has 1 aromatic heterocycles. The summed E-state index contributed by atoms with van der Waals surface area (Å²) < 4.78 is 32.0. The second kappa shape index (κ2) is 5.01. The number of aryl methyl sites for hydroxylation is 1. The highest BCUT2D eigenvalue weighted by molar-refractivity contribution is 5.04. The highest BCUT2D eigenvalue weighted by atomic mass is 19.1. The molecule has 7 heteroatoms. The molecule has 5 nitrogen and oxygen atoms in total. The van der Waals surface area contributed by atoms with Gasteiger partial charge in [0.25, 0.3) is 5.56 Å². The molecule has 0 spiro atoms. The lowest BCUT2D eigenvalue weighted by atomic mass is 10.2. The molecule has 2 rings (SSSR count). The van der Waals surface area contributed by atoms with Gasteiger partial charge in [0.2, 0.25) is 0 Å². The monoisotopic (exact) mass is 260 g/mol. The number of nitrogens with zero attached hydrogens (tertiary/aromatic N) is 1. The molecule has 1 N–H and O–H groups in total. The summed E-state index contributed by atoms with van der Waals surface area (Å²) in [4.78, 5) is 25.1. The van der Waals surface area contributed by atoms with E-state index in [9.17, 15) is 18.4 Å².